The van der Waals surface area contributed by atoms with E-state index in [9.17, 15) is 0 Å². The van der Waals surface area contributed by atoms with E-state index >= 15 is 0 Å². The lowest BCUT2D eigenvalue weighted by molar-refractivity contribution is 0.991. The Morgan fingerprint density at radius 2 is 2.42 bits per heavy atom. The lowest BCUT2D eigenvalue weighted by Gasteiger charge is -1.99. The molecule has 60 valence electrons. The second-order valence-corrected chi connectivity index (χ2v) is 2.68. The zero-order chi connectivity index (χ0) is 13.6. The van der Waals surface area contributed by atoms with E-state index in [0.29, 0.717) is 0 Å². The average Bonchev–Trinajstić information content (AvgIpc) is 2.56. The van der Waals surface area contributed by atoms with Gasteiger partial charge in [0.05, 0.1) is 6.85 Å². The zero-order valence-corrected chi connectivity index (χ0v) is 7.31. The number of hydrogen-bond acceptors (Lipinski definition) is 2. The summed E-state index contributed by atoms with van der Waals surface area (Å²) < 4.78 is 46.1. The highest BCUT2D eigenvalue weighted by Crippen LogP contribution is 2.11. The average molecular weight is 230 g/mol. The van der Waals surface area contributed by atoms with Crippen LogP contribution in [0.1, 0.15) is 8.22 Å². The number of imidazole rings is 1. The van der Waals surface area contributed by atoms with Crippen molar-refractivity contribution in [3.05, 3.63) is 41.4 Å². The van der Waals surface area contributed by atoms with Crippen LogP contribution in [0, 0.1) is 0 Å². The summed E-state index contributed by atoms with van der Waals surface area (Å²) in [5.41, 5.74) is 0. The molecule has 0 amide bonds. The molecule has 2 heterocycles. The number of halogens is 1. The summed E-state index contributed by atoms with van der Waals surface area (Å²) in [5.74, 6) is -0.163. The predicted molar refractivity (Wildman–Crippen MR) is 49.1 cm³/mol. The third kappa shape index (κ3) is 1.38. The van der Waals surface area contributed by atoms with Crippen LogP contribution < -0.4 is 0 Å². The number of rotatable bonds is 1. The maximum absolute atomic E-state index is 7.78. The van der Waals surface area contributed by atoms with Crippen LogP contribution >= 0.6 is 15.9 Å². The van der Waals surface area contributed by atoms with Gasteiger partial charge in [0.2, 0.25) is 0 Å². The fourth-order valence-corrected chi connectivity index (χ4v) is 0.935. The topological polar surface area (TPSA) is 30.7 Å². The molecule has 0 aliphatic heterocycles. The lowest BCUT2D eigenvalue weighted by Crippen LogP contribution is -1.92. The Morgan fingerprint density at radius 1 is 1.50 bits per heavy atom. The molecule has 0 fully saturated rings. The standard InChI is InChI=1S/C8H6BrN3/c9-7-1-2-11-8(5-7)12-4-3-10-6-12/h1-6H/i1D,2D,3D,4D,5D,6D. The molecule has 2 rings (SSSR count). The third-order valence-electron chi connectivity index (χ3n) is 1.13. The summed E-state index contributed by atoms with van der Waals surface area (Å²) in [4.78, 5) is 7.17. The van der Waals surface area contributed by atoms with E-state index in [1.165, 1.54) is 0 Å². The normalized spacial score (nSPS) is 17.1. The van der Waals surface area contributed by atoms with Gasteiger partial charge in [0.15, 0.2) is 0 Å². The van der Waals surface area contributed by atoms with Gasteiger partial charge in [-0.05, 0) is 12.1 Å². The largest absolute Gasteiger partial charge is 0.291 e. The molecule has 0 bridgehead atoms. The minimum atomic E-state index is -0.407. The van der Waals surface area contributed by atoms with Crippen LogP contribution in [0.15, 0.2) is 41.4 Å². The molecular weight excluding hydrogens is 218 g/mol. The molecule has 12 heavy (non-hydrogen) atoms. The molecule has 0 aliphatic carbocycles. The summed E-state index contributed by atoms with van der Waals surface area (Å²) in [5, 5.41) is 0. The summed E-state index contributed by atoms with van der Waals surface area (Å²) in [6.45, 7) is 0. The summed E-state index contributed by atoms with van der Waals surface area (Å²) in [7, 11) is 0. The summed E-state index contributed by atoms with van der Waals surface area (Å²) >= 11 is 3.00. The minimum absolute atomic E-state index is 0.0523. The number of nitrogens with zero attached hydrogens (tertiary/aromatic N) is 3. The van der Waals surface area contributed by atoms with Crippen molar-refractivity contribution in [1.82, 2.24) is 14.5 Å². The Labute approximate surface area is 86.6 Å². The molecule has 4 heteroatoms. The Kier molecular flexibility index (Phi) is 0.842. The van der Waals surface area contributed by atoms with E-state index in [0.717, 1.165) is 4.57 Å². The Hall–Kier alpha value is -1.16. The maximum Gasteiger partial charge on any atom is 0.138 e. The molecule has 3 nitrogen and oxygen atoms in total. The predicted octanol–water partition coefficient (Wildman–Crippen LogP) is 2.03. The van der Waals surface area contributed by atoms with E-state index in [4.69, 9.17) is 8.22 Å². The van der Waals surface area contributed by atoms with Crippen molar-refractivity contribution in [3.8, 4) is 5.82 Å². The lowest BCUT2D eigenvalue weighted by atomic mass is 10.4. The zero-order valence-electron chi connectivity index (χ0n) is 11.7. The molecule has 0 aromatic carbocycles. The van der Waals surface area contributed by atoms with Crippen LogP contribution in [0.4, 0.5) is 0 Å². The van der Waals surface area contributed by atoms with E-state index in [2.05, 4.69) is 25.9 Å². The molecular formula is C8H6BrN3. The molecule has 0 aliphatic rings. The van der Waals surface area contributed by atoms with Gasteiger partial charge < -0.3 is 0 Å². The van der Waals surface area contributed by atoms with Crippen LogP contribution in [0.2, 0.25) is 0 Å². The molecule has 2 aromatic heterocycles. The molecule has 0 unspecified atom stereocenters. The van der Waals surface area contributed by atoms with Crippen LogP contribution in [0.5, 0.6) is 0 Å². The minimum Gasteiger partial charge on any atom is -0.291 e. The molecule has 0 saturated heterocycles. The Morgan fingerprint density at radius 3 is 3.17 bits per heavy atom. The first-order chi connectivity index (χ1) is 8.34. The Bertz CT molecular complexity index is 640. The van der Waals surface area contributed by atoms with Gasteiger partial charge >= 0.3 is 0 Å². The second-order valence-electron chi connectivity index (χ2n) is 1.88. The van der Waals surface area contributed by atoms with E-state index in [1.54, 1.807) is 0 Å². The molecule has 0 atom stereocenters. The first-order valence-corrected chi connectivity index (χ1v) is 3.80. The smallest absolute Gasteiger partial charge is 0.138 e. The van der Waals surface area contributed by atoms with Crippen molar-refractivity contribution < 1.29 is 8.22 Å². The van der Waals surface area contributed by atoms with Crippen molar-refractivity contribution in [1.29, 1.82) is 0 Å². The van der Waals surface area contributed by atoms with Crippen molar-refractivity contribution in [2.75, 3.05) is 0 Å². The summed E-state index contributed by atoms with van der Waals surface area (Å²) in [6, 6.07) is -0.469. The summed E-state index contributed by atoms with van der Waals surface area (Å²) in [6.07, 6.45) is -1.58. The second kappa shape index (κ2) is 3.06. The van der Waals surface area contributed by atoms with Gasteiger partial charge in [-0.3, -0.25) is 4.57 Å². The first kappa shape index (κ1) is 3.30. The highest BCUT2D eigenvalue weighted by molar-refractivity contribution is 9.10. The third-order valence-corrected chi connectivity index (χ3v) is 1.53. The molecule has 0 spiro atoms. The van der Waals surface area contributed by atoms with Gasteiger partial charge in [-0.1, -0.05) is 15.9 Å². The van der Waals surface area contributed by atoms with Gasteiger partial charge in [0.1, 0.15) is 13.5 Å². The van der Waals surface area contributed by atoms with Crippen molar-refractivity contribution in [2.24, 2.45) is 0 Å². The van der Waals surface area contributed by atoms with E-state index in [-0.39, 0.29) is 34.7 Å². The van der Waals surface area contributed by atoms with Gasteiger partial charge in [-0.2, -0.15) is 0 Å². The fourth-order valence-electron chi connectivity index (χ4n) is 0.669. The van der Waals surface area contributed by atoms with Gasteiger partial charge in [0, 0.05) is 23.0 Å². The van der Waals surface area contributed by atoms with Gasteiger partial charge in [0.25, 0.3) is 0 Å². The molecule has 0 saturated carbocycles. The molecule has 2 aromatic rings. The monoisotopic (exact) mass is 229 g/mol. The van der Waals surface area contributed by atoms with Crippen molar-refractivity contribution >= 4 is 15.9 Å². The highest BCUT2D eigenvalue weighted by Gasteiger charge is 1.95. The van der Waals surface area contributed by atoms with Gasteiger partial charge in [-0.25, -0.2) is 9.97 Å². The molecule has 0 radical (unpaired) electrons. The van der Waals surface area contributed by atoms with Crippen LogP contribution in [-0.2, 0) is 0 Å². The highest BCUT2D eigenvalue weighted by atomic mass is 79.9. The SMILES string of the molecule is [2H]c1nc(-n2c([2H])nc([2H])c2[2H])c([2H])c(Br)c1[2H]. The van der Waals surface area contributed by atoms with Crippen LogP contribution in [0.25, 0.3) is 5.82 Å². The maximum atomic E-state index is 7.78. The first-order valence-electron chi connectivity index (χ1n) is 6.00. The molecule has 0 N–H and O–H groups in total. The quantitative estimate of drug-likeness (QED) is 0.750. The number of hydrogen-bond donors (Lipinski definition) is 0. The Balaban J connectivity index is 2.80. The van der Waals surface area contributed by atoms with E-state index in [1.807, 2.05) is 0 Å². The van der Waals surface area contributed by atoms with Crippen molar-refractivity contribution in [2.45, 2.75) is 0 Å². The fraction of sp³-hybridized carbons (Fsp3) is 0. The van der Waals surface area contributed by atoms with Crippen LogP contribution in [-0.4, -0.2) is 14.5 Å². The van der Waals surface area contributed by atoms with Crippen molar-refractivity contribution in [3.63, 3.8) is 0 Å². The van der Waals surface area contributed by atoms with Crippen LogP contribution in [0.3, 0.4) is 0 Å². The van der Waals surface area contributed by atoms with E-state index < -0.39 is 12.5 Å². The number of pyridine rings is 1. The van der Waals surface area contributed by atoms with Gasteiger partial charge in [-0.15, -0.1) is 0 Å². The number of aromatic nitrogens is 3.